The largest absolute Gasteiger partial charge is 0.363 e. The molecular formula is C27H28ClN3O2S. The predicted octanol–water partition coefficient (Wildman–Crippen LogP) is 5.81. The Morgan fingerprint density at radius 2 is 1.71 bits per heavy atom. The smallest absolute Gasteiger partial charge is 0.270 e. The van der Waals surface area contributed by atoms with E-state index in [2.05, 4.69) is 44.0 Å². The molecule has 0 radical (unpaired) electrons. The normalized spacial score (nSPS) is 18.7. The first-order valence-electron chi connectivity index (χ1n) is 11.2. The molecule has 176 valence electrons. The number of aryl methyl sites for hydroxylation is 2. The molecule has 1 saturated heterocycles. The first kappa shape index (κ1) is 24.2. The van der Waals surface area contributed by atoms with E-state index in [0.29, 0.717) is 16.3 Å². The van der Waals surface area contributed by atoms with E-state index in [9.17, 15) is 9.59 Å². The average Bonchev–Trinajstić information content (AvgIpc) is 2.70. The van der Waals surface area contributed by atoms with Gasteiger partial charge in [-0.15, -0.1) is 0 Å². The molecule has 2 aliphatic heterocycles. The van der Waals surface area contributed by atoms with Crippen molar-refractivity contribution in [1.82, 2.24) is 5.32 Å². The number of benzene rings is 2. The van der Waals surface area contributed by atoms with Crippen LogP contribution in [0.15, 0.2) is 42.0 Å². The molecule has 1 fully saturated rings. The van der Waals surface area contributed by atoms with E-state index in [1.165, 1.54) is 4.90 Å². The van der Waals surface area contributed by atoms with Crippen molar-refractivity contribution in [1.29, 1.82) is 0 Å². The summed E-state index contributed by atoms with van der Waals surface area (Å²) in [6, 6.07) is 9.62. The number of rotatable bonds is 3. The van der Waals surface area contributed by atoms with E-state index >= 15 is 0 Å². The van der Waals surface area contributed by atoms with E-state index in [1.807, 2.05) is 44.2 Å². The molecule has 0 aromatic heterocycles. The first-order chi connectivity index (χ1) is 15.9. The van der Waals surface area contributed by atoms with Crippen LogP contribution in [-0.4, -0.2) is 29.0 Å². The molecule has 5 nitrogen and oxygen atoms in total. The van der Waals surface area contributed by atoms with Gasteiger partial charge in [0.2, 0.25) is 0 Å². The van der Waals surface area contributed by atoms with E-state index in [1.54, 1.807) is 6.08 Å². The van der Waals surface area contributed by atoms with Crippen LogP contribution < -0.4 is 15.1 Å². The maximum Gasteiger partial charge on any atom is 0.270 e. The van der Waals surface area contributed by atoms with Crippen LogP contribution in [0.25, 0.3) is 11.6 Å². The number of likely N-dealkylation sites (N-methyl/N-ethyl adjacent to an activating group) is 1. The third kappa shape index (κ3) is 4.17. The highest BCUT2D eigenvalue weighted by Crippen LogP contribution is 2.41. The molecule has 2 heterocycles. The summed E-state index contributed by atoms with van der Waals surface area (Å²) in [6.07, 6.45) is 3.78. The number of hydrogen-bond donors (Lipinski definition) is 1. The number of carbonyl (C=O) groups excluding carboxylic acids is 2. The molecule has 2 amide bonds. The van der Waals surface area contributed by atoms with Gasteiger partial charge in [-0.3, -0.25) is 19.8 Å². The molecule has 0 saturated carbocycles. The summed E-state index contributed by atoms with van der Waals surface area (Å²) >= 11 is 12.0. The number of hydrogen-bond acceptors (Lipinski definition) is 4. The van der Waals surface area contributed by atoms with E-state index < -0.39 is 11.8 Å². The number of nitrogens with one attached hydrogen (secondary N) is 1. The number of allylic oxidation sites excluding steroid dienone is 1. The van der Waals surface area contributed by atoms with Crippen molar-refractivity contribution in [3.8, 4) is 0 Å². The van der Waals surface area contributed by atoms with Gasteiger partial charge in [0.1, 0.15) is 5.57 Å². The average molecular weight is 494 g/mol. The fraction of sp³-hybridized carbons (Fsp3) is 0.296. The minimum Gasteiger partial charge on any atom is -0.363 e. The Balaban J connectivity index is 1.81. The van der Waals surface area contributed by atoms with Crippen LogP contribution in [0.1, 0.15) is 49.9 Å². The summed E-state index contributed by atoms with van der Waals surface area (Å²) in [5.41, 5.74) is 6.26. The van der Waals surface area contributed by atoms with E-state index in [0.717, 1.165) is 34.5 Å². The minimum absolute atomic E-state index is 0.0141. The number of nitrogens with zero attached hydrogens (tertiary/aromatic N) is 2. The van der Waals surface area contributed by atoms with Gasteiger partial charge in [-0.05, 0) is 106 Å². The summed E-state index contributed by atoms with van der Waals surface area (Å²) in [5.74, 6) is -1.01. The first-order valence-corrected chi connectivity index (χ1v) is 12.0. The molecular weight excluding hydrogens is 466 g/mol. The summed E-state index contributed by atoms with van der Waals surface area (Å²) < 4.78 is 0. The second-order valence-corrected chi connectivity index (χ2v) is 10.2. The standard InChI is InChI=1S/C27H28ClN3O2S/c1-7-30-23-13-22(28)18(11-20(23)17(4)14-27(30,5)6)12-21-24(32)29-26(34)31(25(21)33)19-9-15(2)8-16(3)10-19/h8-14H,7H2,1-6H3,(H,29,32,34)/b21-12-. The lowest BCUT2D eigenvalue weighted by molar-refractivity contribution is -0.122. The summed E-state index contributed by atoms with van der Waals surface area (Å²) in [7, 11) is 0. The van der Waals surface area contributed by atoms with Crippen LogP contribution in [0, 0.1) is 13.8 Å². The molecule has 0 unspecified atom stereocenters. The number of anilines is 2. The highest BCUT2D eigenvalue weighted by atomic mass is 35.5. The van der Waals surface area contributed by atoms with Crippen molar-refractivity contribution >= 4 is 63.8 Å². The molecule has 0 aliphatic carbocycles. The molecule has 2 aliphatic rings. The monoisotopic (exact) mass is 493 g/mol. The van der Waals surface area contributed by atoms with Crippen LogP contribution in [0.4, 0.5) is 11.4 Å². The molecule has 0 atom stereocenters. The number of amides is 2. The quantitative estimate of drug-likeness (QED) is 0.333. The number of thiocarbonyl (C=S) groups is 1. The van der Waals surface area contributed by atoms with Crippen LogP contribution >= 0.6 is 23.8 Å². The lowest BCUT2D eigenvalue weighted by Gasteiger charge is -2.43. The second-order valence-electron chi connectivity index (χ2n) is 9.42. The van der Waals surface area contributed by atoms with Crippen molar-refractivity contribution in [2.75, 3.05) is 16.3 Å². The number of carbonyl (C=O) groups is 2. The van der Waals surface area contributed by atoms with Crippen LogP contribution in [0.2, 0.25) is 5.02 Å². The van der Waals surface area contributed by atoms with Gasteiger partial charge in [0, 0.05) is 22.8 Å². The Hall–Kier alpha value is -2.96. The van der Waals surface area contributed by atoms with Crippen molar-refractivity contribution in [2.45, 2.75) is 47.1 Å². The third-order valence-electron chi connectivity index (χ3n) is 6.28. The summed E-state index contributed by atoms with van der Waals surface area (Å²) in [5, 5.41) is 3.19. The fourth-order valence-corrected chi connectivity index (χ4v) is 5.42. The van der Waals surface area contributed by atoms with Crippen LogP contribution in [0.5, 0.6) is 0 Å². The highest BCUT2D eigenvalue weighted by Gasteiger charge is 2.35. The molecule has 0 spiro atoms. The van der Waals surface area contributed by atoms with Gasteiger partial charge in [-0.2, -0.15) is 0 Å². The molecule has 2 aromatic carbocycles. The van der Waals surface area contributed by atoms with Crippen LogP contribution in [-0.2, 0) is 9.59 Å². The maximum atomic E-state index is 13.5. The number of halogens is 1. The van der Waals surface area contributed by atoms with Gasteiger partial charge in [-0.1, -0.05) is 23.7 Å². The fourth-order valence-electron chi connectivity index (χ4n) is 4.93. The van der Waals surface area contributed by atoms with Crippen molar-refractivity contribution in [3.63, 3.8) is 0 Å². The zero-order valence-electron chi connectivity index (χ0n) is 20.2. The second kappa shape index (κ2) is 8.67. The topological polar surface area (TPSA) is 52.7 Å². The Morgan fingerprint density at radius 1 is 1.06 bits per heavy atom. The molecule has 2 aromatic rings. The molecule has 7 heteroatoms. The molecule has 0 bridgehead atoms. The van der Waals surface area contributed by atoms with Gasteiger partial charge in [-0.25, -0.2) is 0 Å². The predicted molar refractivity (Wildman–Crippen MR) is 144 cm³/mol. The van der Waals surface area contributed by atoms with Gasteiger partial charge in [0.25, 0.3) is 11.8 Å². The Morgan fingerprint density at radius 3 is 2.32 bits per heavy atom. The minimum atomic E-state index is -0.534. The van der Waals surface area contributed by atoms with Gasteiger partial charge < -0.3 is 4.90 Å². The Bertz CT molecular complexity index is 1290. The molecule has 34 heavy (non-hydrogen) atoms. The lowest BCUT2D eigenvalue weighted by Crippen LogP contribution is -2.54. The van der Waals surface area contributed by atoms with E-state index in [4.69, 9.17) is 23.8 Å². The zero-order valence-corrected chi connectivity index (χ0v) is 21.8. The number of fused-ring (bicyclic) bond motifs is 1. The van der Waals surface area contributed by atoms with Crippen molar-refractivity contribution in [2.24, 2.45) is 0 Å². The lowest BCUT2D eigenvalue weighted by atomic mass is 9.87. The van der Waals surface area contributed by atoms with Gasteiger partial charge in [0.05, 0.1) is 11.2 Å². The third-order valence-corrected chi connectivity index (χ3v) is 6.89. The van der Waals surface area contributed by atoms with Gasteiger partial charge in [0.15, 0.2) is 5.11 Å². The van der Waals surface area contributed by atoms with Gasteiger partial charge >= 0.3 is 0 Å². The highest BCUT2D eigenvalue weighted by molar-refractivity contribution is 7.80. The van der Waals surface area contributed by atoms with Crippen LogP contribution in [0.3, 0.4) is 0 Å². The Kier molecular flexibility index (Phi) is 6.17. The summed E-state index contributed by atoms with van der Waals surface area (Å²) in [6.45, 7) is 13.2. The molecule has 4 rings (SSSR count). The maximum absolute atomic E-state index is 13.5. The SMILES string of the molecule is CCN1c2cc(Cl)c(/C=C3/C(=O)NC(=S)N(c4cc(C)cc(C)c4)C3=O)cc2C(C)=CC1(C)C. The zero-order chi connectivity index (χ0) is 24.9. The summed E-state index contributed by atoms with van der Waals surface area (Å²) in [4.78, 5) is 29.9. The van der Waals surface area contributed by atoms with E-state index in [-0.39, 0.29) is 16.2 Å². The van der Waals surface area contributed by atoms with Crippen molar-refractivity contribution in [3.05, 3.63) is 69.3 Å². The molecule has 1 N–H and O–H groups in total. The Labute approximate surface area is 211 Å². The van der Waals surface area contributed by atoms with Crippen molar-refractivity contribution < 1.29 is 9.59 Å².